The zero-order chi connectivity index (χ0) is 14.0. The second kappa shape index (κ2) is 6.03. The summed E-state index contributed by atoms with van der Waals surface area (Å²) in [4.78, 5) is 0. The van der Waals surface area contributed by atoms with Crippen molar-refractivity contribution in [1.82, 2.24) is 20.2 Å². The van der Waals surface area contributed by atoms with Crippen LogP contribution in [0.5, 0.6) is 0 Å². The van der Waals surface area contributed by atoms with E-state index in [2.05, 4.69) is 35.6 Å². The minimum atomic E-state index is 0.150. The maximum atomic E-state index is 5.96. The summed E-state index contributed by atoms with van der Waals surface area (Å²) in [6.45, 7) is 7.20. The summed E-state index contributed by atoms with van der Waals surface area (Å²) in [5.74, 6) is 0. The molecule has 2 heterocycles. The number of nitrogens with zero attached hydrogens (tertiary/aromatic N) is 3. The van der Waals surface area contributed by atoms with Gasteiger partial charge in [-0.1, -0.05) is 6.42 Å². The minimum Gasteiger partial charge on any atom is -0.329 e. The van der Waals surface area contributed by atoms with Crippen molar-refractivity contribution in [2.75, 3.05) is 6.54 Å². The van der Waals surface area contributed by atoms with Crippen LogP contribution < -0.4 is 11.2 Å². The van der Waals surface area contributed by atoms with E-state index in [1.54, 1.807) is 0 Å². The van der Waals surface area contributed by atoms with Crippen LogP contribution in [0.4, 0.5) is 0 Å². The van der Waals surface area contributed by atoms with E-state index in [9.17, 15) is 0 Å². The zero-order valence-electron chi connectivity index (χ0n) is 12.6. The van der Waals surface area contributed by atoms with E-state index in [0.29, 0.717) is 18.6 Å². The van der Waals surface area contributed by atoms with E-state index in [1.807, 2.05) is 18.7 Å². The van der Waals surface area contributed by atoms with E-state index < -0.39 is 0 Å². The molecule has 1 aromatic rings. The Labute approximate surface area is 116 Å². The summed E-state index contributed by atoms with van der Waals surface area (Å²) < 4.78 is 1.86. The van der Waals surface area contributed by atoms with Crippen molar-refractivity contribution in [3.05, 3.63) is 17.5 Å². The molecule has 0 bridgehead atoms. The van der Waals surface area contributed by atoms with Crippen LogP contribution in [0, 0.1) is 6.92 Å². The maximum Gasteiger partial charge on any atom is 0.0642 e. The van der Waals surface area contributed by atoms with Gasteiger partial charge in [0, 0.05) is 37.4 Å². The van der Waals surface area contributed by atoms with Crippen molar-refractivity contribution < 1.29 is 0 Å². The van der Waals surface area contributed by atoms with Gasteiger partial charge in [0.05, 0.1) is 11.7 Å². The van der Waals surface area contributed by atoms with E-state index in [4.69, 9.17) is 5.73 Å². The van der Waals surface area contributed by atoms with Gasteiger partial charge in [-0.15, -0.1) is 0 Å². The third-order valence-corrected chi connectivity index (χ3v) is 4.16. The molecule has 0 amide bonds. The molecule has 1 aliphatic heterocycles. The lowest BCUT2D eigenvalue weighted by Gasteiger charge is -2.41. The highest BCUT2D eigenvalue weighted by molar-refractivity contribution is 5.20. The predicted molar refractivity (Wildman–Crippen MR) is 77.5 cm³/mol. The van der Waals surface area contributed by atoms with Crippen LogP contribution in [-0.4, -0.2) is 33.4 Å². The number of piperidine rings is 1. The van der Waals surface area contributed by atoms with Gasteiger partial charge in [-0.25, -0.2) is 10.4 Å². The van der Waals surface area contributed by atoms with Crippen molar-refractivity contribution in [2.45, 2.75) is 58.2 Å². The third kappa shape index (κ3) is 3.16. The lowest BCUT2D eigenvalue weighted by Crippen LogP contribution is -2.54. The molecule has 1 saturated heterocycles. The Bertz CT molecular complexity index is 404. The molecular weight excluding hydrogens is 238 g/mol. The molecule has 0 radical (unpaired) electrons. The van der Waals surface area contributed by atoms with Crippen LogP contribution in [-0.2, 0) is 7.05 Å². The number of aryl methyl sites for hydroxylation is 2. The first-order valence-electron chi connectivity index (χ1n) is 7.27. The predicted octanol–water partition coefficient (Wildman–Crippen LogP) is 1.50. The number of hydrazine groups is 1. The number of nitrogens with one attached hydrogen (secondary N) is 1. The number of hydrogen-bond donors (Lipinski definition) is 2. The standard InChI is InChI=1S/C14H27N5/c1-10-6-5-7-11(2)19(10)17-14(8-15)13-9-18(4)16-12(13)3/h9-11,14,17H,5-8,15H2,1-4H3. The van der Waals surface area contributed by atoms with Crippen LogP contribution in [0.25, 0.3) is 0 Å². The summed E-state index contributed by atoms with van der Waals surface area (Å²) in [6, 6.07) is 1.28. The molecule has 3 atom stereocenters. The minimum absolute atomic E-state index is 0.150. The second-order valence-corrected chi connectivity index (χ2v) is 5.80. The highest BCUT2D eigenvalue weighted by Crippen LogP contribution is 2.23. The first-order chi connectivity index (χ1) is 9.02. The molecular formula is C14H27N5. The zero-order valence-corrected chi connectivity index (χ0v) is 12.6. The van der Waals surface area contributed by atoms with E-state index in [1.165, 1.54) is 24.8 Å². The molecule has 3 N–H and O–H groups in total. The fourth-order valence-corrected chi connectivity index (χ4v) is 3.06. The monoisotopic (exact) mass is 265 g/mol. The fraction of sp³-hybridized carbons (Fsp3) is 0.786. The Balaban J connectivity index is 2.12. The number of aromatic nitrogens is 2. The van der Waals surface area contributed by atoms with Gasteiger partial charge in [0.15, 0.2) is 0 Å². The van der Waals surface area contributed by atoms with Crippen LogP contribution >= 0.6 is 0 Å². The van der Waals surface area contributed by atoms with Gasteiger partial charge in [0.1, 0.15) is 0 Å². The van der Waals surface area contributed by atoms with Crippen molar-refractivity contribution in [3.63, 3.8) is 0 Å². The Morgan fingerprint density at radius 3 is 2.53 bits per heavy atom. The lowest BCUT2D eigenvalue weighted by molar-refractivity contribution is 0.0303. The van der Waals surface area contributed by atoms with Crippen molar-refractivity contribution in [3.8, 4) is 0 Å². The van der Waals surface area contributed by atoms with Crippen molar-refractivity contribution in [2.24, 2.45) is 12.8 Å². The topological polar surface area (TPSA) is 59.1 Å². The Morgan fingerprint density at radius 1 is 1.42 bits per heavy atom. The SMILES string of the molecule is Cc1nn(C)cc1C(CN)NN1C(C)CCCC1C. The average molecular weight is 265 g/mol. The Kier molecular flexibility index (Phi) is 4.60. The normalized spacial score (nSPS) is 26.6. The second-order valence-electron chi connectivity index (χ2n) is 5.80. The third-order valence-electron chi connectivity index (χ3n) is 4.16. The largest absolute Gasteiger partial charge is 0.329 e. The van der Waals surface area contributed by atoms with Gasteiger partial charge < -0.3 is 5.73 Å². The Hall–Kier alpha value is -0.910. The van der Waals surface area contributed by atoms with Gasteiger partial charge >= 0.3 is 0 Å². The molecule has 5 heteroatoms. The van der Waals surface area contributed by atoms with Crippen LogP contribution in [0.2, 0.25) is 0 Å². The number of hydrogen-bond acceptors (Lipinski definition) is 4. The molecule has 0 spiro atoms. The van der Waals surface area contributed by atoms with E-state index in [-0.39, 0.29) is 6.04 Å². The maximum absolute atomic E-state index is 5.96. The summed E-state index contributed by atoms with van der Waals surface area (Å²) >= 11 is 0. The molecule has 1 fully saturated rings. The quantitative estimate of drug-likeness (QED) is 0.866. The van der Waals surface area contributed by atoms with Crippen LogP contribution in [0.3, 0.4) is 0 Å². The number of rotatable bonds is 4. The van der Waals surface area contributed by atoms with Crippen molar-refractivity contribution in [1.29, 1.82) is 0 Å². The molecule has 0 saturated carbocycles. The number of nitrogens with two attached hydrogens (primary N) is 1. The molecule has 108 valence electrons. The Morgan fingerprint density at radius 2 is 2.05 bits per heavy atom. The smallest absolute Gasteiger partial charge is 0.0642 e. The lowest BCUT2D eigenvalue weighted by atomic mass is 9.99. The highest BCUT2D eigenvalue weighted by Gasteiger charge is 2.27. The van der Waals surface area contributed by atoms with Crippen molar-refractivity contribution >= 4 is 0 Å². The molecule has 5 nitrogen and oxygen atoms in total. The summed E-state index contributed by atoms with van der Waals surface area (Å²) in [5.41, 5.74) is 11.9. The fourth-order valence-electron chi connectivity index (χ4n) is 3.06. The van der Waals surface area contributed by atoms with Crippen LogP contribution in [0.1, 0.15) is 50.4 Å². The van der Waals surface area contributed by atoms with E-state index in [0.717, 1.165) is 5.69 Å². The molecule has 3 unspecified atom stereocenters. The van der Waals surface area contributed by atoms with Gasteiger partial charge in [-0.2, -0.15) is 5.10 Å². The highest BCUT2D eigenvalue weighted by atomic mass is 15.5. The average Bonchev–Trinajstić information content (AvgIpc) is 2.68. The summed E-state index contributed by atoms with van der Waals surface area (Å²) in [5, 5.41) is 6.80. The molecule has 1 aromatic heterocycles. The summed E-state index contributed by atoms with van der Waals surface area (Å²) in [6.07, 6.45) is 5.89. The molecule has 19 heavy (non-hydrogen) atoms. The summed E-state index contributed by atoms with van der Waals surface area (Å²) in [7, 11) is 1.95. The van der Waals surface area contributed by atoms with Gasteiger partial charge in [-0.05, 0) is 33.6 Å². The van der Waals surface area contributed by atoms with Crippen LogP contribution in [0.15, 0.2) is 6.20 Å². The van der Waals surface area contributed by atoms with Gasteiger partial charge in [0.25, 0.3) is 0 Å². The molecule has 0 aliphatic carbocycles. The molecule has 2 rings (SSSR count). The first-order valence-corrected chi connectivity index (χ1v) is 7.27. The van der Waals surface area contributed by atoms with E-state index >= 15 is 0 Å². The van der Waals surface area contributed by atoms with Gasteiger partial charge in [0.2, 0.25) is 0 Å². The van der Waals surface area contributed by atoms with Gasteiger partial charge in [-0.3, -0.25) is 4.68 Å². The first kappa shape index (κ1) is 14.5. The molecule has 0 aromatic carbocycles. The molecule has 1 aliphatic rings.